The molecule has 3 heteroatoms. The first-order chi connectivity index (χ1) is 31.2. The molecule has 0 bridgehead atoms. The Kier molecular flexibility index (Phi) is 8.33. The number of benzene rings is 11. The van der Waals surface area contributed by atoms with E-state index in [4.69, 9.17) is 0 Å². The maximum absolute atomic E-state index is 2.49. The normalized spacial score (nSPS) is 11.8. The zero-order valence-corrected chi connectivity index (χ0v) is 35.8. The number of anilines is 3. The number of rotatable bonds is 6. The third-order valence-corrected chi connectivity index (χ3v) is 15.2. The van der Waals surface area contributed by atoms with Gasteiger partial charge in [-0.3, -0.25) is 0 Å². The van der Waals surface area contributed by atoms with Gasteiger partial charge in [-0.2, -0.15) is 0 Å². The van der Waals surface area contributed by atoms with Crippen LogP contribution >= 0.6 is 22.7 Å². The molecule has 0 saturated carbocycles. The maximum atomic E-state index is 2.49. The van der Waals surface area contributed by atoms with Gasteiger partial charge in [-0.1, -0.05) is 176 Å². The van der Waals surface area contributed by atoms with E-state index in [1.165, 1.54) is 112 Å². The summed E-state index contributed by atoms with van der Waals surface area (Å²) in [6, 6.07) is 83.0. The molecule has 0 amide bonds. The summed E-state index contributed by atoms with van der Waals surface area (Å²) in [6.45, 7) is 0. The van der Waals surface area contributed by atoms with Crippen molar-refractivity contribution < 1.29 is 0 Å². The molecule has 0 aliphatic rings. The van der Waals surface area contributed by atoms with Gasteiger partial charge >= 0.3 is 0 Å². The van der Waals surface area contributed by atoms with Crippen LogP contribution in [0.5, 0.6) is 0 Å². The highest BCUT2D eigenvalue weighted by Gasteiger charge is 2.24. The molecule has 0 aliphatic heterocycles. The van der Waals surface area contributed by atoms with Gasteiger partial charge < -0.3 is 4.90 Å². The topological polar surface area (TPSA) is 3.24 Å². The van der Waals surface area contributed by atoms with E-state index in [-0.39, 0.29) is 0 Å². The van der Waals surface area contributed by atoms with Gasteiger partial charge in [0.1, 0.15) is 0 Å². The molecular formula is C60H37NS2. The van der Waals surface area contributed by atoms with E-state index in [0.717, 1.165) is 11.4 Å². The highest BCUT2D eigenvalue weighted by Crippen LogP contribution is 2.52. The summed E-state index contributed by atoms with van der Waals surface area (Å²) in [5.74, 6) is 0. The molecule has 11 aromatic carbocycles. The fraction of sp³-hybridized carbons (Fsp3) is 0. The number of thiophene rings is 2. The van der Waals surface area contributed by atoms with E-state index < -0.39 is 0 Å². The lowest BCUT2D eigenvalue weighted by atomic mass is 9.92. The molecule has 0 radical (unpaired) electrons. The van der Waals surface area contributed by atoms with Gasteiger partial charge in [0.25, 0.3) is 0 Å². The van der Waals surface area contributed by atoms with E-state index in [1.807, 2.05) is 22.7 Å². The van der Waals surface area contributed by atoms with E-state index >= 15 is 0 Å². The highest BCUT2D eigenvalue weighted by atomic mass is 32.1. The Morgan fingerprint density at radius 3 is 1.57 bits per heavy atom. The quantitative estimate of drug-likeness (QED) is 0.151. The lowest BCUT2D eigenvalue weighted by Gasteiger charge is -2.27. The smallest absolute Gasteiger partial charge is 0.0640 e. The number of hydrogen-bond donors (Lipinski definition) is 0. The largest absolute Gasteiger partial charge is 0.309 e. The number of fused-ring (bicyclic) bond motifs is 10. The minimum atomic E-state index is 1.11. The summed E-state index contributed by atoms with van der Waals surface area (Å²) in [7, 11) is 0. The first-order valence-electron chi connectivity index (χ1n) is 21.5. The Morgan fingerprint density at radius 1 is 0.286 bits per heavy atom. The fourth-order valence-electron chi connectivity index (χ4n) is 9.84. The Morgan fingerprint density at radius 2 is 0.810 bits per heavy atom. The molecule has 0 saturated heterocycles. The van der Waals surface area contributed by atoms with Gasteiger partial charge in [0.05, 0.1) is 10.4 Å². The van der Waals surface area contributed by atoms with Gasteiger partial charge in [-0.15, -0.1) is 22.7 Å². The standard InChI is InChI=1S/C60H37NS2/c1-2-13-40(14-3-1)48-32-33-49(57-51-18-8-10-20-55(51)62-59(48)57)50-34-35-54(60-58(50)52-19-9-11-21-56(52)63-60)61(46-31-28-42-24-23-41-15-6-7-17-47(41)53(42)37-46)45-29-26-39(27-30-45)44-25-22-38-12-4-5-16-43(38)36-44/h1-37H. The molecule has 2 heterocycles. The summed E-state index contributed by atoms with van der Waals surface area (Å²) in [5.41, 5.74) is 10.9. The van der Waals surface area contributed by atoms with Crippen LogP contribution in [-0.4, -0.2) is 0 Å². The second-order valence-corrected chi connectivity index (χ2v) is 18.5. The Hall–Kier alpha value is -7.56. The Bertz CT molecular complexity index is 3910. The monoisotopic (exact) mass is 835 g/mol. The van der Waals surface area contributed by atoms with Crippen molar-refractivity contribution in [2.24, 2.45) is 0 Å². The van der Waals surface area contributed by atoms with E-state index in [2.05, 4.69) is 229 Å². The van der Waals surface area contributed by atoms with Gasteiger partial charge in [-0.05, 0) is 114 Å². The minimum absolute atomic E-state index is 1.11. The van der Waals surface area contributed by atoms with E-state index in [9.17, 15) is 0 Å². The molecule has 294 valence electrons. The summed E-state index contributed by atoms with van der Waals surface area (Å²) in [5, 5.41) is 12.7. The van der Waals surface area contributed by atoms with Crippen LogP contribution in [0.2, 0.25) is 0 Å². The molecule has 0 N–H and O–H groups in total. The highest BCUT2D eigenvalue weighted by molar-refractivity contribution is 7.27. The first kappa shape index (κ1) is 36.1. The molecular weight excluding hydrogens is 799 g/mol. The number of nitrogens with zero attached hydrogens (tertiary/aromatic N) is 1. The first-order valence-corrected chi connectivity index (χ1v) is 23.1. The lowest BCUT2D eigenvalue weighted by Crippen LogP contribution is -2.10. The minimum Gasteiger partial charge on any atom is -0.309 e. The van der Waals surface area contributed by atoms with Crippen LogP contribution in [0.4, 0.5) is 17.1 Å². The van der Waals surface area contributed by atoms with Gasteiger partial charge in [-0.25, -0.2) is 0 Å². The second-order valence-electron chi connectivity index (χ2n) is 16.4. The molecule has 13 rings (SSSR count). The van der Waals surface area contributed by atoms with Crippen LogP contribution < -0.4 is 4.90 Å². The zero-order valence-electron chi connectivity index (χ0n) is 34.1. The average molecular weight is 836 g/mol. The lowest BCUT2D eigenvalue weighted by molar-refractivity contribution is 1.31. The molecule has 63 heavy (non-hydrogen) atoms. The van der Waals surface area contributed by atoms with Crippen LogP contribution in [0.1, 0.15) is 0 Å². The summed E-state index contributed by atoms with van der Waals surface area (Å²) < 4.78 is 5.19. The van der Waals surface area contributed by atoms with Crippen LogP contribution in [0.15, 0.2) is 224 Å². The molecule has 1 nitrogen and oxygen atoms in total. The van der Waals surface area contributed by atoms with E-state index in [1.54, 1.807) is 0 Å². The van der Waals surface area contributed by atoms with Gasteiger partial charge in [0.2, 0.25) is 0 Å². The van der Waals surface area contributed by atoms with Crippen molar-refractivity contribution in [3.05, 3.63) is 224 Å². The van der Waals surface area contributed by atoms with Crippen molar-refractivity contribution in [3.8, 4) is 33.4 Å². The van der Waals surface area contributed by atoms with Crippen molar-refractivity contribution in [1.29, 1.82) is 0 Å². The molecule has 2 aromatic heterocycles. The molecule has 0 unspecified atom stereocenters. The average Bonchev–Trinajstić information content (AvgIpc) is 3.94. The van der Waals surface area contributed by atoms with Crippen molar-refractivity contribution in [3.63, 3.8) is 0 Å². The fourth-order valence-corrected chi connectivity index (χ4v) is 12.3. The van der Waals surface area contributed by atoms with Crippen molar-refractivity contribution in [1.82, 2.24) is 0 Å². The Labute approximate surface area is 373 Å². The summed E-state index contributed by atoms with van der Waals surface area (Å²) in [4.78, 5) is 2.49. The van der Waals surface area contributed by atoms with Crippen LogP contribution in [0.3, 0.4) is 0 Å². The summed E-state index contributed by atoms with van der Waals surface area (Å²) >= 11 is 3.80. The van der Waals surface area contributed by atoms with Crippen LogP contribution in [-0.2, 0) is 0 Å². The predicted octanol–water partition coefficient (Wildman–Crippen LogP) is 18.4. The van der Waals surface area contributed by atoms with Crippen LogP contribution in [0, 0.1) is 0 Å². The third-order valence-electron chi connectivity index (χ3n) is 12.8. The molecule has 0 atom stereocenters. The number of hydrogen-bond acceptors (Lipinski definition) is 3. The molecule has 0 spiro atoms. The molecule has 13 aromatic rings. The van der Waals surface area contributed by atoms with E-state index in [0.29, 0.717) is 0 Å². The van der Waals surface area contributed by atoms with Crippen molar-refractivity contribution in [2.45, 2.75) is 0 Å². The van der Waals surface area contributed by atoms with Crippen molar-refractivity contribution >= 4 is 112 Å². The second kappa shape index (κ2) is 14.5. The third kappa shape index (κ3) is 5.89. The molecule has 0 aliphatic carbocycles. The van der Waals surface area contributed by atoms with Crippen molar-refractivity contribution in [2.75, 3.05) is 4.90 Å². The molecule has 0 fully saturated rings. The summed E-state index contributed by atoms with van der Waals surface area (Å²) in [6.07, 6.45) is 0. The maximum Gasteiger partial charge on any atom is 0.0640 e. The van der Waals surface area contributed by atoms with Crippen LogP contribution in [0.25, 0.3) is 106 Å². The SMILES string of the molecule is c1ccc(-c2ccc(-c3ccc(N(c4ccc(-c5ccc6ccccc6c5)cc4)c4ccc5ccc6ccccc6c5c4)c4sc5ccccc5c34)c3c2sc2ccccc23)cc1. The predicted molar refractivity (Wildman–Crippen MR) is 276 cm³/mol. The Balaban J connectivity index is 1.06. The van der Waals surface area contributed by atoms with Gasteiger partial charge in [0.15, 0.2) is 0 Å². The zero-order chi connectivity index (χ0) is 41.4. The van der Waals surface area contributed by atoms with Gasteiger partial charge in [0, 0.05) is 47.0 Å².